The maximum atomic E-state index is 12.3. The topological polar surface area (TPSA) is 103 Å². The fourth-order valence-electron chi connectivity index (χ4n) is 2.76. The van der Waals surface area contributed by atoms with Crippen molar-refractivity contribution in [2.24, 2.45) is 0 Å². The van der Waals surface area contributed by atoms with E-state index in [2.05, 4.69) is 20.9 Å². The Kier molecular flexibility index (Phi) is 6.09. The number of ketones is 1. The summed E-state index contributed by atoms with van der Waals surface area (Å²) in [7, 11) is 0. The van der Waals surface area contributed by atoms with Gasteiger partial charge in [-0.1, -0.05) is 30.3 Å². The number of hydrogen-bond donors (Lipinski definition) is 4. The molecular formula is C22H22N4O3. The zero-order valence-corrected chi connectivity index (χ0v) is 16.2. The number of nitrogens with one attached hydrogen (secondary N) is 4. The largest absolute Gasteiger partial charge is 0.356 e. The van der Waals surface area contributed by atoms with Gasteiger partial charge in [0, 0.05) is 23.1 Å². The van der Waals surface area contributed by atoms with Gasteiger partial charge in [-0.15, -0.1) is 0 Å². The molecule has 0 saturated heterocycles. The van der Waals surface area contributed by atoms with Gasteiger partial charge in [-0.25, -0.2) is 4.79 Å². The van der Waals surface area contributed by atoms with Crippen molar-refractivity contribution in [3.63, 3.8) is 0 Å². The molecule has 148 valence electrons. The van der Waals surface area contributed by atoms with Crippen molar-refractivity contribution in [1.82, 2.24) is 10.3 Å². The van der Waals surface area contributed by atoms with Gasteiger partial charge in [-0.2, -0.15) is 0 Å². The molecule has 0 saturated carbocycles. The zero-order chi connectivity index (χ0) is 20.8. The summed E-state index contributed by atoms with van der Waals surface area (Å²) in [5, 5.41) is 8.39. The summed E-state index contributed by atoms with van der Waals surface area (Å²) in [6.45, 7) is 3.31. The molecule has 0 aliphatic heterocycles. The van der Waals surface area contributed by atoms with Crippen LogP contribution in [0.25, 0.3) is 0 Å². The third-order valence-electron chi connectivity index (χ3n) is 4.38. The predicted octanol–water partition coefficient (Wildman–Crippen LogP) is 4.35. The van der Waals surface area contributed by atoms with Crippen molar-refractivity contribution in [1.29, 1.82) is 0 Å². The molecule has 0 aliphatic carbocycles. The van der Waals surface area contributed by atoms with Crippen molar-refractivity contribution in [2.45, 2.75) is 19.9 Å². The maximum Gasteiger partial charge on any atom is 0.323 e. The van der Waals surface area contributed by atoms with Crippen LogP contribution in [0.2, 0.25) is 0 Å². The van der Waals surface area contributed by atoms with Crippen molar-refractivity contribution in [2.75, 3.05) is 10.6 Å². The highest BCUT2D eigenvalue weighted by Gasteiger charge is 2.14. The van der Waals surface area contributed by atoms with E-state index >= 15 is 0 Å². The Morgan fingerprint density at radius 3 is 2.10 bits per heavy atom. The van der Waals surface area contributed by atoms with E-state index in [1.807, 2.05) is 37.3 Å². The summed E-state index contributed by atoms with van der Waals surface area (Å²) in [5.41, 5.74) is 3.02. The second-order valence-corrected chi connectivity index (χ2v) is 6.62. The number of benzene rings is 2. The first-order valence-corrected chi connectivity index (χ1v) is 9.15. The van der Waals surface area contributed by atoms with Crippen molar-refractivity contribution in [3.05, 3.63) is 83.7 Å². The number of Topliss-reactive ketones (excluding diaryl/α,β-unsaturated/α-hetero) is 1. The second kappa shape index (κ2) is 8.88. The number of para-hydroxylation sites is 1. The van der Waals surface area contributed by atoms with Crippen molar-refractivity contribution in [3.8, 4) is 0 Å². The Bertz CT molecular complexity index is 1010. The fraction of sp³-hybridized carbons (Fsp3) is 0.136. The number of carbonyl (C=O) groups excluding carboxylic acids is 3. The molecule has 1 atom stereocenters. The normalized spacial score (nSPS) is 11.4. The Morgan fingerprint density at radius 2 is 1.52 bits per heavy atom. The number of anilines is 2. The van der Waals surface area contributed by atoms with E-state index in [0.717, 1.165) is 5.56 Å². The summed E-state index contributed by atoms with van der Waals surface area (Å²) in [5.74, 6) is -0.401. The molecule has 3 aromatic rings. The molecule has 29 heavy (non-hydrogen) atoms. The molecule has 0 spiro atoms. The van der Waals surface area contributed by atoms with Gasteiger partial charge in [0.25, 0.3) is 5.91 Å². The molecule has 3 amide bonds. The number of H-pyrrole nitrogens is 1. The monoisotopic (exact) mass is 390 g/mol. The molecule has 1 aromatic heterocycles. The highest BCUT2D eigenvalue weighted by Crippen LogP contribution is 2.17. The van der Waals surface area contributed by atoms with Gasteiger partial charge in [-0.05, 0) is 49.7 Å². The number of aromatic nitrogens is 1. The minimum absolute atomic E-state index is 0.104. The van der Waals surface area contributed by atoms with E-state index in [0.29, 0.717) is 22.6 Å². The molecule has 2 aromatic carbocycles. The predicted molar refractivity (Wildman–Crippen MR) is 112 cm³/mol. The van der Waals surface area contributed by atoms with Crippen molar-refractivity contribution < 1.29 is 14.4 Å². The van der Waals surface area contributed by atoms with E-state index < -0.39 is 0 Å². The van der Waals surface area contributed by atoms with Crippen LogP contribution in [0.3, 0.4) is 0 Å². The average Bonchev–Trinajstić information content (AvgIpc) is 3.20. The average molecular weight is 390 g/mol. The highest BCUT2D eigenvalue weighted by atomic mass is 16.2. The standard InChI is InChI=1S/C22H22N4O3/c1-14(24-21(28)20-12-17(13-23-20)15(2)27)16-8-10-19(11-9-16)26-22(29)25-18-6-4-3-5-7-18/h3-14,23H,1-2H3,(H,24,28)(H2,25,26,29). The SMILES string of the molecule is CC(=O)c1c[nH]c(C(=O)NC(C)c2ccc(NC(=O)Nc3ccccc3)cc2)c1. The first kappa shape index (κ1) is 19.9. The van der Waals surface area contributed by atoms with Gasteiger partial charge in [0.2, 0.25) is 0 Å². The number of urea groups is 1. The number of rotatable bonds is 6. The van der Waals surface area contributed by atoms with E-state index in [1.165, 1.54) is 19.2 Å². The van der Waals surface area contributed by atoms with Crippen LogP contribution in [0.4, 0.5) is 16.2 Å². The lowest BCUT2D eigenvalue weighted by atomic mass is 10.1. The first-order valence-electron chi connectivity index (χ1n) is 9.15. The summed E-state index contributed by atoms with van der Waals surface area (Å²) in [6.07, 6.45) is 1.52. The Balaban J connectivity index is 1.56. The van der Waals surface area contributed by atoms with Crippen LogP contribution >= 0.6 is 0 Å². The lowest BCUT2D eigenvalue weighted by Crippen LogP contribution is -2.27. The Morgan fingerprint density at radius 1 is 0.897 bits per heavy atom. The van der Waals surface area contributed by atoms with Crippen LogP contribution in [0.1, 0.15) is 46.3 Å². The van der Waals surface area contributed by atoms with Gasteiger partial charge in [-0.3, -0.25) is 9.59 Å². The maximum absolute atomic E-state index is 12.3. The number of aromatic amines is 1. The molecule has 3 rings (SSSR count). The van der Waals surface area contributed by atoms with Crippen LogP contribution in [0.15, 0.2) is 66.9 Å². The minimum Gasteiger partial charge on any atom is -0.356 e. The molecule has 0 radical (unpaired) electrons. The van der Waals surface area contributed by atoms with Crippen LogP contribution in [0, 0.1) is 0 Å². The van der Waals surface area contributed by atoms with Gasteiger partial charge in [0.15, 0.2) is 5.78 Å². The molecule has 0 fully saturated rings. The number of hydrogen-bond acceptors (Lipinski definition) is 3. The summed E-state index contributed by atoms with van der Waals surface area (Å²) in [6, 6.07) is 17.3. The Labute approximate surface area is 168 Å². The van der Waals surface area contributed by atoms with E-state index in [9.17, 15) is 14.4 Å². The quantitative estimate of drug-likeness (QED) is 0.470. The van der Waals surface area contributed by atoms with Gasteiger partial charge >= 0.3 is 6.03 Å². The molecule has 7 heteroatoms. The fourth-order valence-corrected chi connectivity index (χ4v) is 2.76. The number of amides is 3. The van der Waals surface area contributed by atoms with Crippen LogP contribution in [-0.2, 0) is 0 Å². The molecule has 4 N–H and O–H groups in total. The second-order valence-electron chi connectivity index (χ2n) is 6.62. The van der Waals surface area contributed by atoms with Crippen LogP contribution in [0.5, 0.6) is 0 Å². The molecule has 0 bridgehead atoms. The van der Waals surface area contributed by atoms with Gasteiger partial charge < -0.3 is 20.9 Å². The molecule has 1 unspecified atom stereocenters. The first-order chi connectivity index (χ1) is 13.9. The van der Waals surface area contributed by atoms with E-state index in [1.54, 1.807) is 24.3 Å². The van der Waals surface area contributed by atoms with E-state index in [4.69, 9.17) is 0 Å². The van der Waals surface area contributed by atoms with Gasteiger partial charge in [0.1, 0.15) is 5.69 Å². The van der Waals surface area contributed by atoms with E-state index in [-0.39, 0.29) is 23.8 Å². The third-order valence-corrected chi connectivity index (χ3v) is 4.38. The summed E-state index contributed by atoms with van der Waals surface area (Å²) in [4.78, 5) is 38.5. The lowest BCUT2D eigenvalue weighted by molar-refractivity contribution is 0.0935. The molecule has 1 heterocycles. The summed E-state index contributed by atoms with van der Waals surface area (Å²) >= 11 is 0. The molecular weight excluding hydrogens is 368 g/mol. The van der Waals surface area contributed by atoms with Crippen LogP contribution < -0.4 is 16.0 Å². The smallest absolute Gasteiger partial charge is 0.323 e. The van der Waals surface area contributed by atoms with Crippen LogP contribution in [-0.4, -0.2) is 22.7 Å². The highest BCUT2D eigenvalue weighted by molar-refractivity contribution is 6.00. The lowest BCUT2D eigenvalue weighted by Gasteiger charge is -2.15. The summed E-state index contributed by atoms with van der Waals surface area (Å²) < 4.78 is 0. The Hall–Kier alpha value is -3.87. The number of carbonyl (C=O) groups is 3. The third kappa shape index (κ3) is 5.32. The molecule has 7 nitrogen and oxygen atoms in total. The van der Waals surface area contributed by atoms with Crippen molar-refractivity contribution >= 4 is 29.1 Å². The zero-order valence-electron chi connectivity index (χ0n) is 16.2. The minimum atomic E-state index is -0.335. The molecule has 0 aliphatic rings. The van der Waals surface area contributed by atoms with Gasteiger partial charge in [0.05, 0.1) is 6.04 Å².